The minimum Gasteiger partial charge on any atom is -0.102 e. The second-order valence-electron chi connectivity index (χ2n) is 4.40. The minimum atomic E-state index is -1.43. The van der Waals surface area contributed by atoms with Gasteiger partial charge in [-0.3, -0.25) is 0 Å². The number of halogens is 1. The summed E-state index contributed by atoms with van der Waals surface area (Å²) in [5.41, 5.74) is 5.97. The van der Waals surface area contributed by atoms with Crippen molar-refractivity contribution in [1.82, 2.24) is 0 Å². The molecule has 2 heteroatoms. The molecule has 17 heavy (non-hydrogen) atoms. The molecular formula is C15H27ISi. The summed E-state index contributed by atoms with van der Waals surface area (Å²) in [5.74, 6) is 0. The van der Waals surface area contributed by atoms with Gasteiger partial charge in [0.25, 0.3) is 0 Å². The first-order chi connectivity index (χ1) is 8.18. The van der Waals surface area contributed by atoms with Crippen molar-refractivity contribution < 1.29 is 0 Å². The molecule has 0 aliphatic heterocycles. The van der Waals surface area contributed by atoms with E-state index in [0.29, 0.717) is 0 Å². The average Bonchev–Trinajstić information content (AvgIpc) is 2.30. The molecule has 0 aliphatic rings. The van der Waals surface area contributed by atoms with Gasteiger partial charge in [0.05, 0.1) is 0 Å². The van der Waals surface area contributed by atoms with Crippen LogP contribution in [0.3, 0.4) is 0 Å². The van der Waals surface area contributed by atoms with E-state index in [2.05, 4.69) is 77.9 Å². The van der Waals surface area contributed by atoms with Crippen LogP contribution in [-0.4, -0.2) is 5.57 Å². The third-order valence-corrected chi connectivity index (χ3v) is 7.96. The second-order valence-corrected chi connectivity index (χ2v) is 12.7. The molecule has 98 valence electrons. The molecule has 0 bridgehead atoms. The van der Waals surface area contributed by atoms with Crippen LogP contribution in [0.5, 0.6) is 0 Å². The van der Waals surface area contributed by atoms with Crippen molar-refractivity contribution in [2.24, 2.45) is 0 Å². The maximum atomic E-state index is 2.67. The summed E-state index contributed by atoms with van der Waals surface area (Å²) in [6.07, 6.45) is 14.5. The standard InChI is InChI=1S/C15H27ISi/c1-4-7-10-13-17(16,14-11-8-5-2)15-12-9-6-3/h10-15H,4-9H2,1-3H3. The monoisotopic (exact) mass is 362 g/mol. The summed E-state index contributed by atoms with van der Waals surface area (Å²) >= 11 is 2.67. The fourth-order valence-electron chi connectivity index (χ4n) is 1.46. The normalized spacial score (nSPS) is 16.2. The van der Waals surface area contributed by atoms with Gasteiger partial charge >= 0.3 is 0 Å². The van der Waals surface area contributed by atoms with Crippen LogP contribution in [0.2, 0.25) is 0 Å². The molecule has 0 spiro atoms. The van der Waals surface area contributed by atoms with Crippen LogP contribution in [0, 0.1) is 0 Å². The Bertz CT molecular complexity index is 213. The number of allylic oxidation sites excluding steroid dienone is 3. The van der Waals surface area contributed by atoms with Gasteiger partial charge in [0.2, 0.25) is 0 Å². The summed E-state index contributed by atoms with van der Waals surface area (Å²) in [6.45, 7) is 6.71. The van der Waals surface area contributed by atoms with E-state index in [4.69, 9.17) is 0 Å². The summed E-state index contributed by atoms with van der Waals surface area (Å²) in [6, 6.07) is 0. The van der Waals surface area contributed by atoms with Crippen molar-refractivity contribution >= 4 is 27.4 Å². The zero-order valence-corrected chi connectivity index (χ0v) is 14.7. The Morgan fingerprint density at radius 2 is 1.00 bits per heavy atom. The Labute approximate surface area is 121 Å². The molecule has 0 rings (SSSR count). The molecule has 0 amide bonds. The SMILES string of the molecule is CCCC=C[Si](I)(C=CCCC)C=CCCC. The van der Waals surface area contributed by atoms with Crippen molar-refractivity contribution in [2.75, 3.05) is 0 Å². The summed E-state index contributed by atoms with van der Waals surface area (Å²) in [7, 11) is 0. The van der Waals surface area contributed by atoms with Gasteiger partial charge in [-0.15, -0.1) is 21.8 Å². The lowest BCUT2D eigenvalue weighted by atomic mass is 10.3. The zero-order valence-electron chi connectivity index (χ0n) is 11.6. The van der Waals surface area contributed by atoms with Crippen LogP contribution >= 0.6 is 21.8 Å². The molecule has 0 heterocycles. The fourth-order valence-corrected chi connectivity index (χ4v) is 5.66. The summed E-state index contributed by atoms with van der Waals surface area (Å²) in [4.78, 5) is 0. The van der Waals surface area contributed by atoms with Crippen LogP contribution in [0.1, 0.15) is 59.3 Å². The van der Waals surface area contributed by atoms with E-state index >= 15 is 0 Å². The third kappa shape index (κ3) is 9.83. The Balaban J connectivity index is 4.55. The Kier molecular flexibility index (Phi) is 11.4. The van der Waals surface area contributed by atoms with E-state index in [1.807, 2.05) is 0 Å². The summed E-state index contributed by atoms with van der Waals surface area (Å²) in [5, 5.41) is 0. The van der Waals surface area contributed by atoms with E-state index in [9.17, 15) is 0 Å². The maximum Gasteiger partial charge on any atom is 0.194 e. The molecule has 0 aliphatic carbocycles. The highest BCUT2D eigenvalue weighted by atomic mass is 127. The number of unbranched alkanes of at least 4 members (excludes halogenated alkanes) is 3. The van der Waals surface area contributed by atoms with Gasteiger partial charge < -0.3 is 0 Å². The average molecular weight is 362 g/mol. The molecule has 0 N–H and O–H groups in total. The predicted molar refractivity (Wildman–Crippen MR) is 91.9 cm³/mol. The van der Waals surface area contributed by atoms with Crippen molar-refractivity contribution in [2.45, 2.75) is 59.3 Å². The molecule has 0 aromatic rings. The van der Waals surface area contributed by atoms with E-state index in [0.717, 1.165) is 0 Å². The molecule has 0 saturated carbocycles. The maximum absolute atomic E-state index is 2.67. The highest BCUT2D eigenvalue weighted by Gasteiger charge is 2.18. The molecule has 0 unspecified atom stereocenters. The van der Waals surface area contributed by atoms with Gasteiger partial charge in [-0.1, -0.05) is 75.4 Å². The largest absolute Gasteiger partial charge is 0.194 e. The first kappa shape index (κ1) is 17.2. The van der Waals surface area contributed by atoms with E-state index in [1.54, 1.807) is 0 Å². The van der Waals surface area contributed by atoms with Crippen molar-refractivity contribution in [3.05, 3.63) is 35.3 Å². The van der Waals surface area contributed by atoms with Gasteiger partial charge in [-0.25, -0.2) is 0 Å². The van der Waals surface area contributed by atoms with Crippen molar-refractivity contribution in [3.63, 3.8) is 0 Å². The van der Waals surface area contributed by atoms with Gasteiger partial charge in [0.15, 0.2) is 5.57 Å². The van der Waals surface area contributed by atoms with Crippen LogP contribution in [0.25, 0.3) is 0 Å². The number of rotatable bonds is 9. The Morgan fingerprint density at radius 3 is 1.24 bits per heavy atom. The lowest BCUT2D eigenvalue weighted by Crippen LogP contribution is -2.17. The first-order valence-electron chi connectivity index (χ1n) is 6.90. The van der Waals surface area contributed by atoms with Crippen LogP contribution in [-0.2, 0) is 0 Å². The van der Waals surface area contributed by atoms with Gasteiger partial charge in [0, 0.05) is 0 Å². The number of hydrogen-bond donors (Lipinski definition) is 0. The third-order valence-electron chi connectivity index (χ3n) is 2.49. The van der Waals surface area contributed by atoms with Gasteiger partial charge in [0.1, 0.15) is 0 Å². The lowest BCUT2D eigenvalue weighted by molar-refractivity contribution is 0.957. The van der Waals surface area contributed by atoms with E-state index < -0.39 is 5.57 Å². The quantitative estimate of drug-likeness (QED) is 0.266. The predicted octanol–water partition coefficient (Wildman–Crippen LogP) is 6.05. The molecule has 0 radical (unpaired) electrons. The first-order valence-corrected chi connectivity index (χ1v) is 12.2. The van der Waals surface area contributed by atoms with Crippen molar-refractivity contribution in [3.8, 4) is 0 Å². The Morgan fingerprint density at radius 1 is 0.706 bits per heavy atom. The van der Waals surface area contributed by atoms with Gasteiger partial charge in [-0.05, 0) is 19.3 Å². The summed E-state index contributed by atoms with van der Waals surface area (Å²) < 4.78 is 0. The fraction of sp³-hybridized carbons (Fsp3) is 0.600. The topological polar surface area (TPSA) is 0 Å². The molecule has 0 aromatic carbocycles. The zero-order chi connectivity index (χ0) is 13.0. The molecule has 0 aromatic heterocycles. The molecule has 0 atom stereocenters. The smallest absolute Gasteiger partial charge is 0.102 e. The van der Waals surface area contributed by atoms with E-state index in [-0.39, 0.29) is 0 Å². The van der Waals surface area contributed by atoms with E-state index in [1.165, 1.54) is 38.5 Å². The highest BCUT2D eigenvalue weighted by Crippen LogP contribution is 2.20. The Hall–Kier alpha value is 0.167. The highest BCUT2D eigenvalue weighted by molar-refractivity contribution is 14.1. The molecule has 0 nitrogen and oxygen atoms in total. The lowest BCUT2D eigenvalue weighted by Gasteiger charge is -2.11. The number of hydrogen-bond acceptors (Lipinski definition) is 0. The van der Waals surface area contributed by atoms with Crippen LogP contribution < -0.4 is 0 Å². The molecular weight excluding hydrogens is 335 g/mol. The second kappa shape index (κ2) is 11.3. The van der Waals surface area contributed by atoms with Crippen LogP contribution in [0.15, 0.2) is 35.3 Å². The molecule has 0 saturated heterocycles. The van der Waals surface area contributed by atoms with Gasteiger partial charge in [-0.2, -0.15) is 0 Å². The minimum absolute atomic E-state index is 1.21. The van der Waals surface area contributed by atoms with Crippen LogP contribution in [0.4, 0.5) is 0 Å². The van der Waals surface area contributed by atoms with Crippen molar-refractivity contribution in [1.29, 1.82) is 0 Å². The molecule has 0 fully saturated rings.